The highest BCUT2D eigenvalue weighted by atomic mass is 35.5. The molecule has 11 heavy (non-hydrogen) atoms. The van der Waals surface area contributed by atoms with Crippen molar-refractivity contribution in [1.29, 1.82) is 0 Å². The molecule has 2 rings (SSSR count). The fraction of sp³-hybridized carbons (Fsp3) is 0.333. The van der Waals surface area contributed by atoms with Crippen LogP contribution >= 0.6 is 11.6 Å². The minimum Gasteiger partial charge on any atom is -0.373 e. The summed E-state index contributed by atoms with van der Waals surface area (Å²) in [4.78, 5) is 2.19. The molecule has 0 aliphatic carbocycles. The van der Waals surface area contributed by atoms with Crippen molar-refractivity contribution in [2.24, 2.45) is 0 Å². The number of hydrogen-bond acceptors (Lipinski definition) is 1. The summed E-state index contributed by atoms with van der Waals surface area (Å²) in [5.74, 6) is 0. The van der Waals surface area contributed by atoms with Crippen molar-refractivity contribution in [3.05, 3.63) is 29.8 Å². The van der Waals surface area contributed by atoms with E-state index in [4.69, 9.17) is 11.6 Å². The first-order valence-corrected chi connectivity index (χ1v) is 4.17. The molecule has 1 heterocycles. The molecule has 1 aromatic carbocycles. The van der Waals surface area contributed by atoms with Crippen LogP contribution in [0.3, 0.4) is 0 Å². The first kappa shape index (κ1) is 6.99. The van der Waals surface area contributed by atoms with Crippen molar-refractivity contribution in [3.8, 4) is 0 Å². The first-order valence-electron chi connectivity index (χ1n) is 3.73. The lowest BCUT2D eigenvalue weighted by molar-refractivity contribution is 0.929. The van der Waals surface area contributed by atoms with Gasteiger partial charge in [0.15, 0.2) is 0 Å². The number of fused-ring (bicyclic) bond motifs is 1. The Morgan fingerprint density at radius 1 is 1.45 bits per heavy atom. The molecule has 0 aromatic heterocycles. The van der Waals surface area contributed by atoms with Gasteiger partial charge in [0, 0.05) is 19.3 Å². The number of halogens is 1. The number of anilines is 1. The van der Waals surface area contributed by atoms with Crippen molar-refractivity contribution in [1.82, 2.24) is 0 Å². The van der Waals surface area contributed by atoms with Crippen LogP contribution in [0.15, 0.2) is 24.3 Å². The van der Waals surface area contributed by atoms with E-state index in [0.717, 1.165) is 6.54 Å². The number of alkyl halides is 1. The molecule has 58 valence electrons. The molecular weight excluding hydrogens is 158 g/mol. The number of benzene rings is 1. The van der Waals surface area contributed by atoms with Crippen LogP contribution in [0.2, 0.25) is 0 Å². The Bertz CT molecular complexity index is 245. The molecule has 0 radical (unpaired) electrons. The van der Waals surface area contributed by atoms with Gasteiger partial charge in [-0.05, 0) is 11.6 Å². The second-order valence-corrected chi connectivity index (χ2v) is 3.43. The summed E-state index contributed by atoms with van der Waals surface area (Å²) in [6.07, 6.45) is 0. The number of para-hydroxylation sites is 1. The third kappa shape index (κ3) is 1.000. The highest BCUT2D eigenvalue weighted by Crippen LogP contribution is 2.36. The second kappa shape index (κ2) is 2.42. The van der Waals surface area contributed by atoms with Gasteiger partial charge in [-0.25, -0.2) is 0 Å². The third-order valence-corrected chi connectivity index (χ3v) is 2.49. The Labute approximate surface area is 71.6 Å². The van der Waals surface area contributed by atoms with Gasteiger partial charge in [0.2, 0.25) is 0 Å². The van der Waals surface area contributed by atoms with E-state index < -0.39 is 0 Å². The lowest BCUT2D eigenvalue weighted by Crippen LogP contribution is -2.13. The van der Waals surface area contributed by atoms with Crippen molar-refractivity contribution >= 4 is 17.3 Å². The van der Waals surface area contributed by atoms with Crippen molar-refractivity contribution in [2.75, 3.05) is 18.5 Å². The molecule has 1 atom stereocenters. The molecule has 0 spiro atoms. The van der Waals surface area contributed by atoms with E-state index >= 15 is 0 Å². The van der Waals surface area contributed by atoms with E-state index in [2.05, 4.69) is 24.1 Å². The molecule has 1 nitrogen and oxygen atoms in total. The molecular formula is C9H10ClN. The standard InChI is InChI=1S/C9H10ClN/c1-11-6-8(10)7-4-2-3-5-9(7)11/h2-5,8H,6H2,1H3. The average Bonchev–Trinajstić information content (AvgIpc) is 2.30. The van der Waals surface area contributed by atoms with Crippen LogP contribution < -0.4 is 4.90 Å². The smallest absolute Gasteiger partial charge is 0.0780 e. The molecule has 1 unspecified atom stereocenters. The average molecular weight is 168 g/mol. The van der Waals surface area contributed by atoms with Crippen molar-refractivity contribution in [2.45, 2.75) is 5.38 Å². The van der Waals surface area contributed by atoms with Gasteiger partial charge in [-0.1, -0.05) is 18.2 Å². The minimum atomic E-state index is 0.177. The largest absolute Gasteiger partial charge is 0.373 e. The maximum absolute atomic E-state index is 6.10. The molecule has 0 saturated carbocycles. The summed E-state index contributed by atoms with van der Waals surface area (Å²) in [7, 11) is 2.07. The molecule has 0 bridgehead atoms. The van der Waals surface area contributed by atoms with Gasteiger partial charge >= 0.3 is 0 Å². The molecule has 0 fully saturated rings. The molecule has 1 aromatic rings. The quantitative estimate of drug-likeness (QED) is 0.537. The molecule has 0 amide bonds. The Hall–Kier alpha value is -0.690. The zero-order valence-electron chi connectivity index (χ0n) is 6.42. The fourth-order valence-electron chi connectivity index (χ4n) is 1.54. The zero-order valence-corrected chi connectivity index (χ0v) is 7.17. The number of rotatable bonds is 0. The maximum atomic E-state index is 6.10. The van der Waals surface area contributed by atoms with Gasteiger partial charge in [0.05, 0.1) is 5.38 Å². The van der Waals surface area contributed by atoms with Gasteiger partial charge in [-0.3, -0.25) is 0 Å². The van der Waals surface area contributed by atoms with Crippen LogP contribution in [-0.4, -0.2) is 13.6 Å². The summed E-state index contributed by atoms with van der Waals surface area (Å²) >= 11 is 6.10. The lowest BCUT2D eigenvalue weighted by Gasteiger charge is -2.10. The summed E-state index contributed by atoms with van der Waals surface area (Å²) in [5.41, 5.74) is 2.53. The van der Waals surface area contributed by atoms with Crippen LogP contribution in [0.4, 0.5) is 5.69 Å². The SMILES string of the molecule is CN1CC(Cl)c2ccccc21. The summed E-state index contributed by atoms with van der Waals surface area (Å²) in [5, 5.41) is 0.177. The first-order chi connectivity index (χ1) is 5.29. The topological polar surface area (TPSA) is 3.24 Å². The summed E-state index contributed by atoms with van der Waals surface area (Å²) < 4.78 is 0. The van der Waals surface area contributed by atoms with E-state index in [-0.39, 0.29) is 5.38 Å². The van der Waals surface area contributed by atoms with E-state index in [1.807, 2.05) is 12.1 Å². The minimum absolute atomic E-state index is 0.177. The number of nitrogens with zero attached hydrogens (tertiary/aromatic N) is 1. The molecule has 2 heteroatoms. The fourth-order valence-corrected chi connectivity index (χ4v) is 1.93. The maximum Gasteiger partial charge on any atom is 0.0780 e. The van der Waals surface area contributed by atoms with Gasteiger partial charge in [-0.2, -0.15) is 0 Å². The molecule has 0 saturated heterocycles. The Balaban J connectivity index is 2.52. The Kier molecular flexibility index (Phi) is 1.53. The lowest BCUT2D eigenvalue weighted by atomic mass is 10.2. The second-order valence-electron chi connectivity index (χ2n) is 2.91. The molecule has 0 N–H and O–H groups in total. The van der Waals surface area contributed by atoms with Crippen molar-refractivity contribution in [3.63, 3.8) is 0 Å². The zero-order chi connectivity index (χ0) is 7.84. The van der Waals surface area contributed by atoms with Gasteiger partial charge in [0.25, 0.3) is 0 Å². The number of likely N-dealkylation sites (N-methyl/N-ethyl adjacent to an activating group) is 1. The summed E-state index contributed by atoms with van der Waals surface area (Å²) in [6.45, 7) is 0.931. The predicted molar refractivity (Wildman–Crippen MR) is 48.3 cm³/mol. The van der Waals surface area contributed by atoms with Gasteiger partial charge < -0.3 is 4.90 Å². The Morgan fingerprint density at radius 3 is 2.91 bits per heavy atom. The van der Waals surface area contributed by atoms with Gasteiger partial charge in [0.1, 0.15) is 0 Å². The van der Waals surface area contributed by atoms with Crippen LogP contribution in [-0.2, 0) is 0 Å². The van der Waals surface area contributed by atoms with Crippen molar-refractivity contribution < 1.29 is 0 Å². The monoisotopic (exact) mass is 167 g/mol. The molecule has 1 aliphatic rings. The predicted octanol–water partition coefficient (Wildman–Crippen LogP) is 2.42. The highest BCUT2D eigenvalue weighted by molar-refractivity contribution is 6.22. The van der Waals surface area contributed by atoms with Crippen LogP contribution in [0.25, 0.3) is 0 Å². The number of hydrogen-bond donors (Lipinski definition) is 0. The van der Waals surface area contributed by atoms with E-state index in [0.29, 0.717) is 0 Å². The van der Waals surface area contributed by atoms with Crippen LogP contribution in [0.5, 0.6) is 0 Å². The van der Waals surface area contributed by atoms with Crippen LogP contribution in [0, 0.1) is 0 Å². The van der Waals surface area contributed by atoms with E-state index in [9.17, 15) is 0 Å². The van der Waals surface area contributed by atoms with Gasteiger partial charge in [-0.15, -0.1) is 11.6 Å². The third-order valence-electron chi connectivity index (χ3n) is 2.12. The highest BCUT2D eigenvalue weighted by Gasteiger charge is 2.23. The van der Waals surface area contributed by atoms with E-state index in [1.54, 1.807) is 0 Å². The van der Waals surface area contributed by atoms with E-state index in [1.165, 1.54) is 11.3 Å². The Morgan fingerprint density at radius 2 is 2.18 bits per heavy atom. The molecule has 1 aliphatic heterocycles. The van der Waals surface area contributed by atoms with Crippen LogP contribution in [0.1, 0.15) is 10.9 Å². The summed E-state index contributed by atoms with van der Waals surface area (Å²) in [6, 6.07) is 8.28. The normalized spacial score (nSPS) is 22.0.